The molecule has 2 N–H and O–H groups in total. The van der Waals surface area contributed by atoms with Crippen molar-refractivity contribution in [1.82, 2.24) is 9.78 Å². The Labute approximate surface area is 110 Å². The molecule has 1 aromatic heterocycles. The largest absolute Gasteiger partial charge is 0.325 e. The third-order valence-electron chi connectivity index (χ3n) is 4.84. The maximum atomic E-state index is 6.68. The quantitative estimate of drug-likeness (QED) is 0.892. The Morgan fingerprint density at radius 2 is 2.17 bits per heavy atom. The summed E-state index contributed by atoms with van der Waals surface area (Å²) in [7, 11) is 2.03. The van der Waals surface area contributed by atoms with Crippen LogP contribution in [-0.2, 0) is 13.5 Å². The first-order chi connectivity index (χ1) is 8.56. The summed E-state index contributed by atoms with van der Waals surface area (Å²) in [5.74, 6) is 1.90. The van der Waals surface area contributed by atoms with Crippen molar-refractivity contribution in [3.05, 3.63) is 17.5 Å². The van der Waals surface area contributed by atoms with Gasteiger partial charge in [-0.1, -0.05) is 12.8 Å². The van der Waals surface area contributed by atoms with Crippen molar-refractivity contribution in [2.24, 2.45) is 24.6 Å². The summed E-state index contributed by atoms with van der Waals surface area (Å²) in [5, 5.41) is 4.44. The summed E-state index contributed by atoms with van der Waals surface area (Å²) in [4.78, 5) is 0. The van der Waals surface area contributed by atoms with Crippen molar-refractivity contribution in [2.75, 3.05) is 0 Å². The molecular weight excluding hydrogens is 222 g/mol. The highest BCUT2D eigenvalue weighted by Crippen LogP contribution is 2.46. The average molecular weight is 247 g/mol. The first kappa shape index (κ1) is 12.2. The molecule has 2 fully saturated rings. The molecule has 0 radical (unpaired) electrons. The smallest absolute Gasteiger partial charge is 0.0596 e. The molecule has 0 amide bonds. The molecule has 0 aromatic carbocycles. The van der Waals surface area contributed by atoms with Crippen molar-refractivity contribution in [1.29, 1.82) is 0 Å². The topological polar surface area (TPSA) is 43.8 Å². The van der Waals surface area contributed by atoms with E-state index >= 15 is 0 Å². The van der Waals surface area contributed by atoms with Crippen molar-refractivity contribution in [3.8, 4) is 0 Å². The number of nitrogens with two attached hydrogens (primary N) is 1. The zero-order chi connectivity index (χ0) is 12.8. The van der Waals surface area contributed by atoms with Gasteiger partial charge in [0.2, 0.25) is 0 Å². The fraction of sp³-hybridized carbons (Fsp3) is 0.800. The van der Waals surface area contributed by atoms with E-state index in [0.717, 1.165) is 24.0 Å². The van der Waals surface area contributed by atoms with Crippen molar-refractivity contribution in [3.63, 3.8) is 0 Å². The molecule has 100 valence electrons. The maximum absolute atomic E-state index is 6.68. The molecule has 2 saturated carbocycles. The Kier molecular flexibility index (Phi) is 2.97. The summed E-state index contributed by atoms with van der Waals surface area (Å²) >= 11 is 0. The van der Waals surface area contributed by atoms with E-state index in [1.807, 2.05) is 11.7 Å². The summed E-state index contributed by atoms with van der Waals surface area (Å²) in [6, 6.07) is 2.19. The lowest BCUT2D eigenvalue weighted by Gasteiger charge is -2.38. The van der Waals surface area contributed by atoms with Gasteiger partial charge < -0.3 is 5.73 Å². The molecular formula is C15H25N3. The normalized spacial score (nSPS) is 32.7. The minimum absolute atomic E-state index is 0.0196. The molecule has 1 heterocycles. The Morgan fingerprint density at radius 1 is 1.39 bits per heavy atom. The molecule has 0 saturated heterocycles. The number of hydrogen-bond donors (Lipinski definition) is 1. The Balaban J connectivity index is 1.71. The summed E-state index contributed by atoms with van der Waals surface area (Å²) in [5.41, 5.74) is 9.10. The molecule has 3 heteroatoms. The maximum Gasteiger partial charge on any atom is 0.0596 e. The van der Waals surface area contributed by atoms with E-state index in [2.05, 4.69) is 18.1 Å². The van der Waals surface area contributed by atoms with Gasteiger partial charge in [0, 0.05) is 24.7 Å². The van der Waals surface area contributed by atoms with Gasteiger partial charge in [-0.05, 0) is 50.5 Å². The van der Waals surface area contributed by atoms with Crippen LogP contribution in [0.1, 0.15) is 49.9 Å². The lowest BCUT2D eigenvalue weighted by molar-refractivity contribution is 0.202. The van der Waals surface area contributed by atoms with Gasteiger partial charge in [0.25, 0.3) is 0 Å². The number of rotatable bonds is 3. The third kappa shape index (κ3) is 2.46. The summed E-state index contributed by atoms with van der Waals surface area (Å²) in [6.07, 6.45) is 9.02. The van der Waals surface area contributed by atoms with Gasteiger partial charge >= 0.3 is 0 Å². The standard InChI is InChI=1S/C15H25N3/c1-11-8-14(18(2)17-11)10-15(16)7-3-4-13(9-15)12-5-6-12/h8,12-13H,3-7,9-10,16H2,1-2H3. The van der Waals surface area contributed by atoms with E-state index in [1.165, 1.54) is 44.2 Å². The fourth-order valence-electron chi connectivity index (χ4n) is 3.76. The van der Waals surface area contributed by atoms with Crippen LogP contribution >= 0.6 is 0 Å². The highest BCUT2D eigenvalue weighted by atomic mass is 15.3. The zero-order valence-electron chi connectivity index (χ0n) is 11.7. The molecule has 18 heavy (non-hydrogen) atoms. The monoisotopic (exact) mass is 247 g/mol. The lowest BCUT2D eigenvalue weighted by atomic mass is 9.72. The minimum Gasteiger partial charge on any atom is -0.325 e. The van der Waals surface area contributed by atoms with Crippen LogP contribution < -0.4 is 5.73 Å². The van der Waals surface area contributed by atoms with Gasteiger partial charge in [-0.15, -0.1) is 0 Å². The first-order valence-electron chi connectivity index (χ1n) is 7.34. The second-order valence-corrected chi connectivity index (χ2v) is 6.63. The first-order valence-corrected chi connectivity index (χ1v) is 7.34. The van der Waals surface area contributed by atoms with Crippen molar-refractivity contribution in [2.45, 2.75) is 57.4 Å². The van der Waals surface area contributed by atoms with Crippen molar-refractivity contribution >= 4 is 0 Å². The molecule has 2 aliphatic carbocycles. The van der Waals surface area contributed by atoms with E-state index < -0.39 is 0 Å². The van der Waals surface area contributed by atoms with E-state index in [4.69, 9.17) is 5.73 Å². The van der Waals surface area contributed by atoms with Gasteiger partial charge in [-0.2, -0.15) is 5.10 Å². The molecule has 0 spiro atoms. The lowest BCUT2D eigenvalue weighted by Crippen LogP contribution is -2.47. The Hall–Kier alpha value is -0.830. The third-order valence-corrected chi connectivity index (χ3v) is 4.84. The number of aryl methyl sites for hydroxylation is 2. The van der Waals surface area contributed by atoms with E-state index in [9.17, 15) is 0 Å². The second kappa shape index (κ2) is 4.37. The number of nitrogens with zero attached hydrogens (tertiary/aromatic N) is 2. The molecule has 0 aliphatic heterocycles. The van der Waals surface area contributed by atoms with Crippen LogP contribution in [0.25, 0.3) is 0 Å². The van der Waals surface area contributed by atoms with Crippen LogP contribution in [0.15, 0.2) is 6.07 Å². The Bertz CT molecular complexity index is 433. The van der Waals surface area contributed by atoms with E-state index in [0.29, 0.717) is 0 Å². The van der Waals surface area contributed by atoms with Gasteiger partial charge in [0.15, 0.2) is 0 Å². The van der Waals surface area contributed by atoms with Crippen LogP contribution in [-0.4, -0.2) is 15.3 Å². The number of aromatic nitrogens is 2. The molecule has 1 aromatic rings. The summed E-state index contributed by atoms with van der Waals surface area (Å²) in [6.45, 7) is 2.06. The average Bonchev–Trinajstić information content (AvgIpc) is 3.07. The highest BCUT2D eigenvalue weighted by molar-refractivity contribution is 5.13. The fourth-order valence-corrected chi connectivity index (χ4v) is 3.76. The van der Waals surface area contributed by atoms with Gasteiger partial charge in [-0.3, -0.25) is 4.68 Å². The highest BCUT2D eigenvalue weighted by Gasteiger charge is 2.40. The van der Waals surface area contributed by atoms with Gasteiger partial charge in [-0.25, -0.2) is 0 Å². The van der Waals surface area contributed by atoms with Gasteiger partial charge in [0.1, 0.15) is 0 Å². The molecule has 3 rings (SSSR count). The molecule has 2 aliphatic rings. The van der Waals surface area contributed by atoms with Crippen LogP contribution in [0.2, 0.25) is 0 Å². The van der Waals surface area contributed by atoms with Crippen LogP contribution in [0.3, 0.4) is 0 Å². The second-order valence-electron chi connectivity index (χ2n) is 6.63. The SMILES string of the molecule is Cc1cc(CC2(N)CCCC(C3CC3)C2)n(C)n1. The van der Waals surface area contributed by atoms with E-state index in [-0.39, 0.29) is 5.54 Å². The molecule has 2 unspecified atom stereocenters. The van der Waals surface area contributed by atoms with Crippen LogP contribution in [0.5, 0.6) is 0 Å². The summed E-state index contributed by atoms with van der Waals surface area (Å²) < 4.78 is 2.00. The zero-order valence-corrected chi connectivity index (χ0v) is 11.7. The van der Waals surface area contributed by atoms with Crippen LogP contribution in [0, 0.1) is 18.8 Å². The predicted molar refractivity (Wildman–Crippen MR) is 73.2 cm³/mol. The van der Waals surface area contributed by atoms with E-state index in [1.54, 1.807) is 0 Å². The van der Waals surface area contributed by atoms with Crippen molar-refractivity contribution < 1.29 is 0 Å². The van der Waals surface area contributed by atoms with Gasteiger partial charge in [0.05, 0.1) is 5.69 Å². The predicted octanol–water partition coefficient (Wildman–Crippen LogP) is 2.57. The minimum atomic E-state index is 0.0196. The Morgan fingerprint density at radius 3 is 2.78 bits per heavy atom. The molecule has 2 atom stereocenters. The van der Waals surface area contributed by atoms with Crippen LogP contribution in [0.4, 0.5) is 0 Å². The molecule has 3 nitrogen and oxygen atoms in total. The molecule has 0 bridgehead atoms. The number of hydrogen-bond acceptors (Lipinski definition) is 2.